The van der Waals surface area contributed by atoms with E-state index < -0.39 is 5.54 Å². The summed E-state index contributed by atoms with van der Waals surface area (Å²) in [4.78, 5) is 15.8. The van der Waals surface area contributed by atoms with Crippen molar-refractivity contribution in [2.45, 2.75) is 25.9 Å². The van der Waals surface area contributed by atoms with E-state index >= 15 is 0 Å². The summed E-state index contributed by atoms with van der Waals surface area (Å²) in [5, 5.41) is 2.79. The van der Waals surface area contributed by atoms with Crippen molar-refractivity contribution in [3.8, 4) is 0 Å². The molecule has 17 heavy (non-hydrogen) atoms. The van der Waals surface area contributed by atoms with Gasteiger partial charge in [-0.3, -0.25) is 4.79 Å². The minimum atomic E-state index is -0.850. The molecule has 2 heterocycles. The molecule has 3 N–H and O–H groups in total. The maximum atomic E-state index is 11.6. The second-order valence-electron chi connectivity index (χ2n) is 4.63. The molecule has 0 aliphatic heterocycles. The Morgan fingerprint density at radius 2 is 2.29 bits per heavy atom. The first kappa shape index (κ1) is 11.6. The third kappa shape index (κ3) is 2.62. The van der Waals surface area contributed by atoms with E-state index in [1.54, 1.807) is 20.0 Å². The maximum Gasteiger partial charge on any atom is 0.239 e. The van der Waals surface area contributed by atoms with Crippen molar-refractivity contribution in [3.63, 3.8) is 0 Å². The Hall–Kier alpha value is -1.88. The Balaban J connectivity index is 2.06. The molecule has 0 fully saturated rings. The molecule has 5 heteroatoms. The van der Waals surface area contributed by atoms with Crippen LogP contribution in [0.5, 0.6) is 0 Å². The van der Waals surface area contributed by atoms with Crippen LogP contribution < -0.4 is 11.1 Å². The van der Waals surface area contributed by atoms with Crippen molar-refractivity contribution in [2.24, 2.45) is 5.73 Å². The minimum Gasteiger partial charge on any atom is -0.350 e. The zero-order valence-electron chi connectivity index (χ0n) is 9.97. The van der Waals surface area contributed by atoms with Gasteiger partial charge in [0.2, 0.25) is 5.91 Å². The minimum absolute atomic E-state index is 0.166. The van der Waals surface area contributed by atoms with Crippen LogP contribution in [0.4, 0.5) is 0 Å². The van der Waals surface area contributed by atoms with E-state index in [1.807, 2.05) is 28.9 Å². The van der Waals surface area contributed by atoms with Crippen LogP contribution in [0.1, 0.15) is 19.4 Å². The second-order valence-corrected chi connectivity index (χ2v) is 4.63. The van der Waals surface area contributed by atoms with Crippen LogP contribution in [0, 0.1) is 0 Å². The zero-order valence-corrected chi connectivity index (χ0v) is 9.97. The Morgan fingerprint density at radius 3 is 3.00 bits per heavy atom. The number of nitrogens with two attached hydrogens (primary N) is 1. The second kappa shape index (κ2) is 4.18. The van der Waals surface area contributed by atoms with Gasteiger partial charge >= 0.3 is 0 Å². The largest absolute Gasteiger partial charge is 0.350 e. The fraction of sp³-hybridized carbons (Fsp3) is 0.333. The molecule has 0 unspecified atom stereocenters. The molecule has 5 nitrogen and oxygen atoms in total. The molecule has 2 aromatic heterocycles. The highest BCUT2D eigenvalue weighted by Gasteiger charge is 2.20. The number of aromatic nitrogens is 2. The summed E-state index contributed by atoms with van der Waals surface area (Å²) in [6.45, 7) is 3.82. The molecule has 2 rings (SSSR count). The van der Waals surface area contributed by atoms with E-state index in [2.05, 4.69) is 10.3 Å². The number of hydrogen-bond acceptors (Lipinski definition) is 3. The standard InChI is InChI=1S/C12H16N4O/c1-12(2,13)11(17)15-8-9-3-5-16-6-4-14-10(16)7-9/h3-7H,8,13H2,1-2H3,(H,15,17). The molecule has 0 spiro atoms. The number of amides is 1. The fourth-order valence-electron chi connectivity index (χ4n) is 1.47. The third-order valence-electron chi connectivity index (χ3n) is 2.50. The van der Waals surface area contributed by atoms with Crippen LogP contribution in [0.15, 0.2) is 30.7 Å². The van der Waals surface area contributed by atoms with Crippen molar-refractivity contribution in [1.29, 1.82) is 0 Å². The number of imidazole rings is 1. The van der Waals surface area contributed by atoms with Gasteiger partial charge in [-0.1, -0.05) is 0 Å². The van der Waals surface area contributed by atoms with Crippen molar-refractivity contribution in [1.82, 2.24) is 14.7 Å². The van der Waals surface area contributed by atoms with Gasteiger partial charge < -0.3 is 15.5 Å². The van der Waals surface area contributed by atoms with Gasteiger partial charge in [0.25, 0.3) is 0 Å². The number of nitrogens with zero attached hydrogens (tertiary/aromatic N) is 2. The number of pyridine rings is 1. The van der Waals surface area contributed by atoms with E-state index in [0.29, 0.717) is 6.54 Å². The summed E-state index contributed by atoms with van der Waals surface area (Å²) in [6.07, 6.45) is 5.53. The summed E-state index contributed by atoms with van der Waals surface area (Å²) < 4.78 is 1.91. The highest BCUT2D eigenvalue weighted by atomic mass is 16.2. The summed E-state index contributed by atoms with van der Waals surface area (Å²) in [6, 6.07) is 3.88. The van der Waals surface area contributed by atoms with Gasteiger partial charge in [0.05, 0.1) is 5.54 Å². The number of fused-ring (bicyclic) bond motifs is 1. The van der Waals surface area contributed by atoms with Gasteiger partial charge in [-0.2, -0.15) is 0 Å². The van der Waals surface area contributed by atoms with Crippen LogP contribution in [0.25, 0.3) is 5.65 Å². The zero-order chi connectivity index (χ0) is 12.5. The first-order chi connectivity index (χ1) is 7.97. The first-order valence-electron chi connectivity index (χ1n) is 5.45. The lowest BCUT2D eigenvalue weighted by Gasteiger charge is -2.17. The van der Waals surface area contributed by atoms with E-state index in [1.165, 1.54) is 0 Å². The topological polar surface area (TPSA) is 72.4 Å². The Labute approximate surface area is 99.6 Å². The molecule has 0 bridgehead atoms. The molecule has 0 radical (unpaired) electrons. The van der Waals surface area contributed by atoms with Crippen LogP contribution in [0.3, 0.4) is 0 Å². The average Bonchev–Trinajstić information content (AvgIpc) is 2.71. The van der Waals surface area contributed by atoms with Crippen molar-refractivity contribution in [3.05, 3.63) is 36.3 Å². The molecule has 90 valence electrons. The highest BCUT2D eigenvalue weighted by molar-refractivity contribution is 5.84. The molecular weight excluding hydrogens is 216 g/mol. The van der Waals surface area contributed by atoms with E-state index in [0.717, 1.165) is 11.2 Å². The number of carbonyl (C=O) groups is 1. The molecule has 2 aromatic rings. The normalized spacial score (nSPS) is 11.7. The third-order valence-corrected chi connectivity index (χ3v) is 2.50. The van der Waals surface area contributed by atoms with Crippen LogP contribution in [-0.2, 0) is 11.3 Å². The van der Waals surface area contributed by atoms with Gasteiger partial charge in [0.15, 0.2) is 0 Å². The highest BCUT2D eigenvalue weighted by Crippen LogP contribution is 2.05. The summed E-state index contributed by atoms with van der Waals surface area (Å²) in [5.74, 6) is -0.166. The summed E-state index contributed by atoms with van der Waals surface area (Å²) >= 11 is 0. The molecule has 0 atom stereocenters. The molecular formula is C12H16N4O. The fourth-order valence-corrected chi connectivity index (χ4v) is 1.47. The average molecular weight is 232 g/mol. The van der Waals surface area contributed by atoms with Gasteiger partial charge in [-0.25, -0.2) is 4.98 Å². The Morgan fingerprint density at radius 1 is 1.53 bits per heavy atom. The monoisotopic (exact) mass is 232 g/mol. The number of nitrogens with one attached hydrogen (secondary N) is 1. The van der Waals surface area contributed by atoms with Crippen molar-refractivity contribution < 1.29 is 4.79 Å². The SMILES string of the molecule is CC(C)(N)C(=O)NCc1ccn2ccnc2c1. The lowest BCUT2D eigenvalue weighted by Crippen LogP contribution is -2.48. The molecule has 1 amide bonds. The summed E-state index contributed by atoms with van der Waals surface area (Å²) in [7, 11) is 0. The van der Waals surface area contributed by atoms with Crippen LogP contribution in [-0.4, -0.2) is 20.8 Å². The predicted molar refractivity (Wildman–Crippen MR) is 65.3 cm³/mol. The quantitative estimate of drug-likeness (QED) is 0.817. The predicted octanol–water partition coefficient (Wildman–Crippen LogP) is 0.688. The molecule has 0 saturated heterocycles. The number of rotatable bonds is 3. The smallest absolute Gasteiger partial charge is 0.239 e. The van der Waals surface area contributed by atoms with Gasteiger partial charge in [-0.05, 0) is 31.5 Å². The maximum absolute atomic E-state index is 11.6. The number of hydrogen-bond donors (Lipinski definition) is 2. The first-order valence-corrected chi connectivity index (χ1v) is 5.45. The Bertz CT molecular complexity index is 539. The van der Waals surface area contributed by atoms with Gasteiger partial charge in [-0.15, -0.1) is 0 Å². The molecule has 0 aliphatic carbocycles. The summed E-state index contributed by atoms with van der Waals surface area (Å²) in [5.41, 5.74) is 6.70. The van der Waals surface area contributed by atoms with Crippen molar-refractivity contribution >= 4 is 11.6 Å². The van der Waals surface area contributed by atoms with Gasteiger partial charge in [0.1, 0.15) is 5.65 Å². The van der Waals surface area contributed by atoms with Gasteiger partial charge in [0, 0.05) is 25.1 Å². The lowest BCUT2D eigenvalue weighted by atomic mass is 10.1. The lowest BCUT2D eigenvalue weighted by molar-refractivity contribution is -0.125. The van der Waals surface area contributed by atoms with Crippen molar-refractivity contribution in [2.75, 3.05) is 0 Å². The van der Waals surface area contributed by atoms with E-state index in [9.17, 15) is 4.79 Å². The van der Waals surface area contributed by atoms with Crippen LogP contribution in [0.2, 0.25) is 0 Å². The molecule has 0 aliphatic rings. The van der Waals surface area contributed by atoms with Crippen LogP contribution >= 0.6 is 0 Å². The molecule has 0 aromatic carbocycles. The number of carbonyl (C=O) groups excluding carboxylic acids is 1. The molecule has 0 saturated carbocycles. The van der Waals surface area contributed by atoms with E-state index in [-0.39, 0.29) is 5.91 Å². The van der Waals surface area contributed by atoms with E-state index in [4.69, 9.17) is 5.73 Å². The Kier molecular flexibility index (Phi) is 2.85.